The Bertz CT molecular complexity index is 334. The zero-order valence-corrected chi connectivity index (χ0v) is 10.5. The Morgan fingerprint density at radius 1 is 1.56 bits per heavy atom. The minimum absolute atomic E-state index is 0.462. The van der Waals surface area contributed by atoms with Crippen molar-refractivity contribution >= 4 is 0 Å². The van der Waals surface area contributed by atoms with Crippen LogP contribution in [0.15, 0.2) is 12.3 Å². The van der Waals surface area contributed by atoms with Gasteiger partial charge < -0.3 is 5.32 Å². The number of hydrogen-bond acceptors (Lipinski definition) is 3. The van der Waals surface area contributed by atoms with Crippen LogP contribution in [0.5, 0.6) is 0 Å². The molecular formula is C12H22N4. The van der Waals surface area contributed by atoms with E-state index in [0.717, 1.165) is 6.54 Å². The van der Waals surface area contributed by atoms with Crippen molar-refractivity contribution in [1.29, 1.82) is 0 Å². The monoisotopic (exact) mass is 222 g/mol. The molecule has 0 aromatic carbocycles. The van der Waals surface area contributed by atoms with Gasteiger partial charge in [-0.1, -0.05) is 0 Å². The lowest BCUT2D eigenvalue weighted by atomic mass is 10.0. The van der Waals surface area contributed by atoms with Crippen LogP contribution >= 0.6 is 0 Å². The lowest BCUT2D eigenvalue weighted by Gasteiger charge is -2.36. The fourth-order valence-electron chi connectivity index (χ4n) is 2.57. The molecule has 0 radical (unpaired) electrons. The fraction of sp³-hybridized carbons (Fsp3) is 0.750. The predicted octanol–water partition coefficient (Wildman–Crippen LogP) is 1.16. The maximum absolute atomic E-state index is 4.25. The van der Waals surface area contributed by atoms with E-state index in [1.165, 1.54) is 25.1 Å². The number of aromatic nitrogens is 2. The average Bonchev–Trinajstić information content (AvgIpc) is 2.74. The van der Waals surface area contributed by atoms with E-state index in [1.807, 2.05) is 17.9 Å². The van der Waals surface area contributed by atoms with Gasteiger partial charge in [0.15, 0.2) is 0 Å². The molecule has 2 unspecified atom stereocenters. The molecule has 2 heterocycles. The largest absolute Gasteiger partial charge is 0.316 e. The normalized spacial score (nSPS) is 24.6. The summed E-state index contributed by atoms with van der Waals surface area (Å²) in [5.74, 6) is 0. The van der Waals surface area contributed by atoms with Gasteiger partial charge in [0.2, 0.25) is 0 Å². The highest BCUT2D eigenvalue weighted by Gasteiger charge is 2.24. The van der Waals surface area contributed by atoms with E-state index >= 15 is 0 Å². The molecule has 16 heavy (non-hydrogen) atoms. The lowest BCUT2D eigenvalue weighted by Crippen LogP contribution is -2.45. The van der Waals surface area contributed by atoms with Gasteiger partial charge in [0, 0.05) is 31.9 Å². The SMILES string of the molecule is CNC1CCCN(C(C)c2ccnn2C)C1. The van der Waals surface area contributed by atoms with E-state index in [-0.39, 0.29) is 0 Å². The number of aryl methyl sites for hydroxylation is 1. The molecule has 0 bridgehead atoms. The van der Waals surface area contributed by atoms with E-state index < -0.39 is 0 Å². The Hall–Kier alpha value is -0.870. The first-order valence-corrected chi connectivity index (χ1v) is 6.11. The van der Waals surface area contributed by atoms with Crippen molar-refractivity contribution < 1.29 is 0 Å². The number of hydrogen-bond donors (Lipinski definition) is 1. The third-order valence-electron chi connectivity index (χ3n) is 3.70. The van der Waals surface area contributed by atoms with Crippen molar-refractivity contribution in [3.8, 4) is 0 Å². The van der Waals surface area contributed by atoms with Gasteiger partial charge in [0.1, 0.15) is 0 Å². The van der Waals surface area contributed by atoms with Crippen molar-refractivity contribution in [2.24, 2.45) is 7.05 Å². The summed E-state index contributed by atoms with van der Waals surface area (Å²) in [5.41, 5.74) is 1.30. The van der Waals surface area contributed by atoms with Gasteiger partial charge in [-0.05, 0) is 39.4 Å². The van der Waals surface area contributed by atoms with Crippen LogP contribution in [0.25, 0.3) is 0 Å². The first-order chi connectivity index (χ1) is 7.72. The van der Waals surface area contributed by atoms with E-state index in [1.54, 1.807) is 0 Å². The van der Waals surface area contributed by atoms with Crippen LogP contribution < -0.4 is 5.32 Å². The first-order valence-electron chi connectivity index (χ1n) is 6.11. The molecule has 2 atom stereocenters. The summed E-state index contributed by atoms with van der Waals surface area (Å²) in [6.45, 7) is 4.61. The molecule has 1 aliphatic rings. The van der Waals surface area contributed by atoms with E-state index in [4.69, 9.17) is 0 Å². The molecule has 4 heteroatoms. The molecule has 1 aromatic rings. The Balaban J connectivity index is 2.04. The third-order valence-corrected chi connectivity index (χ3v) is 3.70. The maximum atomic E-state index is 4.25. The number of rotatable bonds is 3. The molecule has 4 nitrogen and oxygen atoms in total. The van der Waals surface area contributed by atoms with E-state index in [9.17, 15) is 0 Å². The summed E-state index contributed by atoms with van der Waals surface area (Å²) >= 11 is 0. The van der Waals surface area contributed by atoms with Gasteiger partial charge in [-0.3, -0.25) is 9.58 Å². The smallest absolute Gasteiger partial charge is 0.0549 e. The lowest BCUT2D eigenvalue weighted by molar-refractivity contribution is 0.144. The zero-order valence-electron chi connectivity index (χ0n) is 10.5. The Morgan fingerprint density at radius 2 is 2.38 bits per heavy atom. The summed E-state index contributed by atoms with van der Waals surface area (Å²) in [7, 11) is 4.08. The van der Waals surface area contributed by atoms with Crippen LogP contribution in [-0.4, -0.2) is 40.9 Å². The first kappa shape index (κ1) is 11.6. The number of likely N-dealkylation sites (N-methyl/N-ethyl adjacent to an activating group) is 1. The molecule has 0 aliphatic carbocycles. The van der Waals surface area contributed by atoms with Gasteiger partial charge in [-0.2, -0.15) is 5.10 Å². The third kappa shape index (κ3) is 2.28. The van der Waals surface area contributed by atoms with Crippen LogP contribution in [0.1, 0.15) is 31.5 Å². The van der Waals surface area contributed by atoms with Gasteiger partial charge in [-0.15, -0.1) is 0 Å². The molecule has 0 spiro atoms. The molecule has 1 saturated heterocycles. The fourth-order valence-corrected chi connectivity index (χ4v) is 2.57. The van der Waals surface area contributed by atoms with E-state index in [0.29, 0.717) is 12.1 Å². The van der Waals surface area contributed by atoms with Gasteiger partial charge in [0.05, 0.1) is 5.69 Å². The zero-order chi connectivity index (χ0) is 11.5. The summed E-state index contributed by atoms with van der Waals surface area (Å²) in [4.78, 5) is 2.54. The van der Waals surface area contributed by atoms with Gasteiger partial charge in [-0.25, -0.2) is 0 Å². The molecular weight excluding hydrogens is 200 g/mol. The average molecular weight is 222 g/mol. The second kappa shape index (κ2) is 4.97. The molecule has 90 valence electrons. The number of piperidine rings is 1. The second-order valence-corrected chi connectivity index (χ2v) is 4.68. The highest BCUT2D eigenvalue weighted by atomic mass is 15.3. The molecule has 1 N–H and O–H groups in total. The maximum Gasteiger partial charge on any atom is 0.0549 e. The van der Waals surface area contributed by atoms with Crippen molar-refractivity contribution in [2.75, 3.05) is 20.1 Å². The van der Waals surface area contributed by atoms with Crippen LogP contribution in [0.3, 0.4) is 0 Å². The van der Waals surface area contributed by atoms with Crippen molar-refractivity contribution in [1.82, 2.24) is 20.0 Å². The second-order valence-electron chi connectivity index (χ2n) is 4.68. The van der Waals surface area contributed by atoms with Gasteiger partial charge in [0.25, 0.3) is 0 Å². The van der Waals surface area contributed by atoms with E-state index in [2.05, 4.69) is 35.4 Å². The van der Waals surface area contributed by atoms with Crippen LogP contribution in [-0.2, 0) is 7.05 Å². The Labute approximate surface area is 97.6 Å². The van der Waals surface area contributed by atoms with Crippen molar-refractivity contribution in [2.45, 2.75) is 31.8 Å². The number of nitrogens with one attached hydrogen (secondary N) is 1. The van der Waals surface area contributed by atoms with Crippen LogP contribution in [0.4, 0.5) is 0 Å². The predicted molar refractivity (Wildman–Crippen MR) is 65.3 cm³/mol. The van der Waals surface area contributed by atoms with Crippen LogP contribution in [0.2, 0.25) is 0 Å². The van der Waals surface area contributed by atoms with Crippen molar-refractivity contribution in [3.63, 3.8) is 0 Å². The molecule has 1 aromatic heterocycles. The number of nitrogens with zero attached hydrogens (tertiary/aromatic N) is 3. The molecule has 0 amide bonds. The quantitative estimate of drug-likeness (QED) is 0.833. The van der Waals surface area contributed by atoms with Crippen LogP contribution in [0, 0.1) is 0 Å². The highest BCUT2D eigenvalue weighted by molar-refractivity contribution is 5.06. The standard InChI is InChI=1S/C12H22N4/c1-10(12-6-7-14-15(12)3)16-8-4-5-11(9-16)13-2/h6-7,10-11,13H,4-5,8-9H2,1-3H3. The summed E-state index contributed by atoms with van der Waals surface area (Å²) in [6.07, 6.45) is 4.46. The number of likely N-dealkylation sites (tertiary alicyclic amines) is 1. The summed E-state index contributed by atoms with van der Waals surface area (Å²) in [5, 5.41) is 7.63. The van der Waals surface area contributed by atoms with Gasteiger partial charge >= 0.3 is 0 Å². The molecule has 1 fully saturated rings. The Kier molecular flexibility index (Phi) is 3.61. The summed E-state index contributed by atoms with van der Waals surface area (Å²) in [6, 6.07) is 3.22. The minimum Gasteiger partial charge on any atom is -0.316 e. The molecule has 1 aliphatic heterocycles. The molecule has 0 saturated carbocycles. The summed E-state index contributed by atoms with van der Waals surface area (Å²) < 4.78 is 1.98. The minimum atomic E-state index is 0.462. The molecule has 2 rings (SSSR count). The topological polar surface area (TPSA) is 33.1 Å². The van der Waals surface area contributed by atoms with Crippen molar-refractivity contribution in [3.05, 3.63) is 18.0 Å². The highest BCUT2D eigenvalue weighted by Crippen LogP contribution is 2.23. The Morgan fingerprint density at radius 3 is 3.00 bits per heavy atom.